The Morgan fingerprint density at radius 3 is 2.54 bits per heavy atom. The topological polar surface area (TPSA) is 66.5 Å². The average Bonchev–Trinajstić information content (AvgIpc) is 2.16. The van der Waals surface area contributed by atoms with Gasteiger partial charge < -0.3 is 15.9 Å². The van der Waals surface area contributed by atoms with Crippen LogP contribution < -0.4 is 5.73 Å². The molecule has 0 aliphatic rings. The molecular weight excluding hydrogens is 166 g/mol. The van der Waals surface area contributed by atoms with Crippen molar-refractivity contribution >= 4 is 0 Å². The van der Waals surface area contributed by atoms with Crippen LogP contribution in [0.3, 0.4) is 0 Å². The fourth-order valence-electron chi connectivity index (χ4n) is 1.26. The van der Waals surface area contributed by atoms with E-state index in [9.17, 15) is 5.11 Å². The number of nitrogens with two attached hydrogens (primary N) is 1. The molecule has 0 fully saturated rings. The van der Waals surface area contributed by atoms with Crippen molar-refractivity contribution in [1.82, 2.24) is 0 Å². The van der Waals surface area contributed by atoms with Crippen LogP contribution in [0.25, 0.3) is 0 Å². The molecule has 3 nitrogen and oxygen atoms in total. The molecule has 2 unspecified atom stereocenters. The first-order chi connectivity index (χ1) is 6.16. The Morgan fingerprint density at radius 1 is 1.38 bits per heavy atom. The standard InChI is InChI=1S/C10H15NO2/c1-7(13)10(11)9-5-3-2-4-8(9)6-12/h2-5,7,10,12-13H,6,11H2,1H3. The van der Waals surface area contributed by atoms with E-state index in [0.717, 1.165) is 11.1 Å². The summed E-state index contributed by atoms with van der Waals surface area (Å²) in [6, 6.07) is 6.88. The third kappa shape index (κ3) is 2.28. The van der Waals surface area contributed by atoms with Crippen LogP contribution in [0.4, 0.5) is 0 Å². The Bertz CT molecular complexity index is 273. The van der Waals surface area contributed by atoms with Crippen molar-refractivity contribution in [1.29, 1.82) is 0 Å². The van der Waals surface area contributed by atoms with Gasteiger partial charge in [-0.05, 0) is 18.1 Å². The molecular formula is C10H15NO2. The van der Waals surface area contributed by atoms with Gasteiger partial charge in [0.15, 0.2) is 0 Å². The maximum atomic E-state index is 9.29. The van der Waals surface area contributed by atoms with E-state index in [-0.39, 0.29) is 6.61 Å². The van der Waals surface area contributed by atoms with Gasteiger partial charge in [0.25, 0.3) is 0 Å². The van der Waals surface area contributed by atoms with Gasteiger partial charge in [-0.1, -0.05) is 24.3 Å². The second-order valence-corrected chi connectivity index (χ2v) is 3.12. The van der Waals surface area contributed by atoms with Crippen LogP contribution in [-0.2, 0) is 6.61 Å². The van der Waals surface area contributed by atoms with Gasteiger partial charge in [0.05, 0.1) is 18.8 Å². The quantitative estimate of drug-likeness (QED) is 0.638. The maximum absolute atomic E-state index is 9.29. The zero-order chi connectivity index (χ0) is 9.84. The maximum Gasteiger partial charge on any atom is 0.0704 e. The van der Waals surface area contributed by atoms with Crippen molar-refractivity contribution in [3.05, 3.63) is 35.4 Å². The molecule has 0 saturated carbocycles. The third-order valence-corrected chi connectivity index (χ3v) is 2.10. The lowest BCUT2D eigenvalue weighted by atomic mass is 9.98. The van der Waals surface area contributed by atoms with Crippen molar-refractivity contribution in [2.45, 2.75) is 25.7 Å². The third-order valence-electron chi connectivity index (χ3n) is 2.10. The van der Waals surface area contributed by atoms with Crippen LogP contribution in [0.5, 0.6) is 0 Å². The Balaban J connectivity index is 2.98. The van der Waals surface area contributed by atoms with Crippen LogP contribution in [-0.4, -0.2) is 16.3 Å². The van der Waals surface area contributed by atoms with E-state index in [1.807, 2.05) is 18.2 Å². The minimum Gasteiger partial charge on any atom is -0.392 e. The summed E-state index contributed by atoms with van der Waals surface area (Å²) in [6.45, 7) is 1.59. The van der Waals surface area contributed by atoms with Gasteiger partial charge >= 0.3 is 0 Å². The molecule has 0 aliphatic heterocycles. The van der Waals surface area contributed by atoms with Crippen LogP contribution in [0.2, 0.25) is 0 Å². The highest BCUT2D eigenvalue weighted by Gasteiger charge is 2.14. The number of hydrogen-bond acceptors (Lipinski definition) is 3. The molecule has 0 heterocycles. The smallest absolute Gasteiger partial charge is 0.0704 e. The summed E-state index contributed by atoms with van der Waals surface area (Å²) in [6.07, 6.45) is -0.604. The van der Waals surface area contributed by atoms with Crippen LogP contribution in [0.15, 0.2) is 24.3 Å². The molecule has 0 aromatic heterocycles. The second-order valence-electron chi connectivity index (χ2n) is 3.12. The summed E-state index contributed by atoms with van der Waals surface area (Å²) in [4.78, 5) is 0. The normalized spacial score (nSPS) is 15.4. The van der Waals surface area contributed by atoms with Crippen LogP contribution >= 0.6 is 0 Å². The van der Waals surface area contributed by atoms with Crippen LogP contribution in [0.1, 0.15) is 24.1 Å². The van der Waals surface area contributed by atoms with E-state index in [2.05, 4.69) is 0 Å². The van der Waals surface area contributed by atoms with E-state index < -0.39 is 12.1 Å². The molecule has 0 saturated heterocycles. The molecule has 0 aliphatic carbocycles. The highest BCUT2D eigenvalue weighted by Crippen LogP contribution is 2.18. The Kier molecular flexibility index (Phi) is 3.42. The van der Waals surface area contributed by atoms with Gasteiger partial charge in [-0.3, -0.25) is 0 Å². The molecule has 1 aromatic carbocycles. The van der Waals surface area contributed by atoms with E-state index in [1.54, 1.807) is 13.0 Å². The lowest BCUT2D eigenvalue weighted by Crippen LogP contribution is -2.24. The first kappa shape index (κ1) is 10.2. The lowest BCUT2D eigenvalue weighted by molar-refractivity contribution is 0.163. The SMILES string of the molecule is CC(O)C(N)c1ccccc1CO. The highest BCUT2D eigenvalue weighted by molar-refractivity contribution is 5.29. The zero-order valence-corrected chi connectivity index (χ0v) is 7.64. The number of rotatable bonds is 3. The predicted octanol–water partition coefficient (Wildman–Crippen LogP) is 0.560. The minimum atomic E-state index is -0.604. The molecule has 0 amide bonds. The van der Waals surface area contributed by atoms with E-state index in [0.29, 0.717) is 0 Å². The molecule has 2 atom stereocenters. The fourth-order valence-corrected chi connectivity index (χ4v) is 1.26. The Labute approximate surface area is 77.8 Å². The predicted molar refractivity (Wildman–Crippen MR) is 51.0 cm³/mol. The fraction of sp³-hybridized carbons (Fsp3) is 0.400. The molecule has 0 spiro atoms. The monoisotopic (exact) mass is 181 g/mol. The lowest BCUT2D eigenvalue weighted by Gasteiger charge is -2.17. The summed E-state index contributed by atoms with van der Waals surface area (Å²) >= 11 is 0. The molecule has 72 valence electrons. The number of aliphatic hydroxyl groups is 2. The van der Waals surface area contributed by atoms with E-state index in [1.165, 1.54) is 0 Å². The molecule has 1 aromatic rings. The van der Waals surface area contributed by atoms with Crippen LogP contribution in [0, 0.1) is 0 Å². The molecule has 1 rings (SSSR count). The molecule has 3 heteroatoms. The first-order valence-electron chi connectivity index (χ1n) is 4.29. The van der Waals surface area contributed by atoms with Crippen molar-refractivity contribution in [2.75, 3.05) is 0 Å². The van der Waals surface area contributed by atoms with E-state index in [4.69, 9.17) is 10.8 Å². The van der Waals surface area contributed by atoms with Gasteiger partial charge in [-0.15, -0.1) is 0 Å². The number of aliphatic hydroxyl groups excluding tert-OH is 2. The van der Waals surface area contributed by atoms with Gasteiger partial charge in [-0.2, -0.15) is 0 Å². The second kappa shape index (κ2) is 4.37. The zero-order valence-electron chi connectivity index (χ0n) is 7.64. The van der Waals surface area contributed by atoms with E-state index >= 15 is 0 Å². The molecule has 0 bridgehead atoms. The largest absolute Gasteiger partial charge is 0.392 e. The number of hydrogen-bond donors (Lipinski definition) is 3. The average molecular weight is 181 g/mol. The summed E-state index contributed by atoms with van der Waals surface area (Å²) in [7, 11) is 0. The summed E-state index contributed by atoms with van der Waals surface area (Å²) in [5.74, 6) is 0. The first-order valence-corrected chi connectivity index (χ1v) is 4.29. The molecule has 4 N–H and O–H groups in total. The molecule has 0 radical (unpaired) electrons. The van der Waals surface area contributed by atoms with Gasteiger partial charge in [0.1, 0.15) is 0 Å². The summed E-state index contributed by atoms with van der Waals surface area (Å²) in [5, 5.41) is 18.3. The van der Waals surface area contributed by atoms with Gasteiger partial charge in [0.2, 0.25) is 0 Å². The van der Waals surface area contributed by atoms with Crippen molar-refractivity contribution in [3.63, 3.8) is 0 Å². The summed E-state index contributed by atoms with van der Waals surface area (Å²) < 4.78 is 0. The number of benzene rings is 1. The minimum absolute atomic E-state index is 0.0450. The Hall–Kier alpha value is -0.900. The summed E-state index contributed by atoms with van der Waals surface area (Å²) in [5.41, 5.74) is 7.33. The van der Waals surface area contributed by atoms with Crippen molar-refractivity contribution < 1.29 is 10.2 Å². The van der Waals surface area contributed by atoms with Gasteiger partial charge in [0, 0.05) is 0 Å². The highest BCUT2D eigenvalue weighted by atomic mass is 16.3. The Morgan fingerprint density at radius 2 is 2.00 bits per heavy atom. The van der Waals surface area contributed by atoms with Gasteiger partial charge in [-0.25, -0.2) is 0 Å². The van der Waals surface area contributed by atoms with Crippen molar-refractivity contribution in [2.24, 2.45) is 5.73 Å². The molecule has 13 heavy (non-hydrogen) atoms. The van der Waals surface area contributed by atoms with Crippen molar-refractivity contribution in [3.8, 4) is 0 Å².